The second kappa shape index (κ2) is 5.14. The molecule has 1 heterocycles. The smallest absolute Gasteiger partial charge is 0.346 e. The lowest BCUT2D eigenvalue weighted by atomic mass is 10.3. The second-order valence-corrected chi connectivity index (χ2v) is 7.00. The van der Waals surface area contributed by atoms with Gasteiger partial charge in [-0.05, 0) is 30.7 Å². The van der Waals surface area contributed by atoms with Crippen molar-refractivity contribution in [2.24, 2.45) is 0 Å². The molecule has 2 rings (SSSR count). The fourth-order valence-electron chi connectivity index (χ4n) is 1.57. The molecule has 0 atom stereocenters. The summed E-state index contributed by atoms with van der Waals surface area (Å²) < 4.78 is 26.4. The summed E-state index contributed by atoms with van der Waals surface area (Å²) in [7, 11) is -3.87. The topological polar surface area (TPSA) is 104 Å². The number of nitrogens with one attached hydrogen (secondary N) is 1. The van der Waals surface area contributed by atoms with Gasteiger partial charge in [-0.3, -0.25) is 4.72 Å². The molecular formula is C12H11NO5S2. The van der Waals surface area contributed by atoms with Crippen molar-refractivity contribution in [3.8, 4) is 5.75 Å². The van der Waals surface area contributed by atoms with E-state index in [1.54, 1.807) is 0 Å². The first kappa shape index (κ1) is 14.4. The molecule has 0 aliphatic rings. The van der Waals surface area contributed by atoms with Gasteiger partial charge in [-0.25, -0.2) is 13.2 Å². The summed E-state index contributed by atoms with van der Waals surface area (Å²) in [5.41, 5.74) is 0.590. The van der Waals surface area contributed by atoms with E-state index in [9.17, 15) is 18.3 Å². The zero-order valence-corrected chi connectivity index (χ0v) is 12.0. The molecule has 0 radical (unpaired) electrons. The molecule has 1 aromatic heterocycles. The van der Waals surface area contributed by atoms with E-state index < -0.39 is 16.0 Å². The minimum Gasteiger partial charge on any atom is -0.508 e. The highest BCUT2D eigenvalue weighted by Crippen LogP contribution is 2.28. The number of benzene rings is 1. The summed E-state index contributed by atoms with van der Waals surface area (Å²) in [6.45, 7) is 1.54. The Labute approximate surface area is 119 Å². The number of hydrogen-bond acceptors (Lipinski definition) is 5. The van der Waals surface area contributed by atoms with Crippen molar-refractivity contribution in [1.29, 1.82) is 0 Å². The number of thiophene rings is 1. The van der Waals surface area contributed by atoms with Gasteiger partial charge in [-0.2, -0.15) is 0 Å². The summed E-state index contributed by atoms with van der Waals surface area (Å²) in [5.74, 6) is -1.23. The number of carboxylic acids is 1. The van der Waals surface area contributed by atoms with E-state index in [2.05, 4.69) is 4.72 Å². The Kier molecular flexibility index (Phi) is 3.69. The molecule has 0 aliphatic carbocycles. The number of aromatic hydroxyl groups is 1. The van der Waals surface area contributed by atoms with E-state index in [-0.39, 0.29) is 20.5 Å². The summed E-state index contributed by atoms with van der Waals surface area (Å²) >= 11 is 0.685. The lowest BCUT2D eigenvalue weighted by Crippen LogP contribution is -2.11. The zero-order chi connectivity index (χ0) is 14.9. The van der Waals surface area contributed by atoms with E-state index >= 15 is 0 Å². The first-order valence-corrected chi connectivity index (χ1v) is 7.75. The number of rotatable bonds is 4. The van der Waals surface area contributed by atoms with Crippen molar-refractivity contribution < 1.29 is 23.4 Å². The normalized spacial score (nSPS) is 11.2. The average molecular weight is 313 g/mol. The number of hydrogen-bond donors (Lipinski definition) is 3. The van der Waals surface area contributed by atoms with Crippen LogP contribution < -0.4 is 4.72 Å². The Balaban J connectivity index is 2.36. The summed E-state index contributed by atoms with van der Waals surface area (Å²) in [4.78, 5) is 10.9. The molecule has 0 spiro atoms. The fraction of sp³-hybridized carbons (Fsp3) is 0.0833. The predicted octanol–water partition coefficient (Wildman–Crippen LogP) is 2.26. The lowest BCUT2D eigenvalue weighted by Gasteiger charge is -2.06. The van der Waals surface area contributed by atoms with Gasteiger partial charge in [0.05, 0.1) is 5.69 Å². The number of carbonyl (C=O) groups is 1. The van der Waals surface area contributed by atoms with Crippen LogP contribution in [0.1, 0.15) is 15.2 Å². The van der Waals surface area contributed by atoms with Crippen LogP contribution in [0.5, 0.6) is 5.75 Å². The van der Waals surface area contributed by atoms with Crippen LogP contribution >= 0.6 is 11.3 Å². The van der Waals surface area contributed by atoms with E-state index in [4.69, 9.17) is 5.11 Å². The number of carboxylic acid groups (broad SMARTS) is 1. The Morgan fingerprint density at radius 2 is 2.00 bits per heavy atom. The number of sulfonamides is 1. The van der Waals surface area contributed by atoms with E-state index in [0.717, 1.165) is 0 Å². The first-order valence-electron chi connectivity index (χ1n) is 5.45. The minimum absolute atomic E-state index is 0.0127. The van der Waals surface area contributed by atoms with Crippen molar-refractivity contribution in [2.45, 2.75) is 11.1 Å². The maximum absolute atomic E-state index is 12.1. The minimum atomic E-state index is -3.87. The molecule has 0 saturated carbocycles. The Morgan fingerprint density at radius 1 is 1.30 bits per heavy atom. The molecule has 0 bridgehead atoms. The monoisotopic (exact) mass is 313 g/mol. The highest BCUT2D eigenvalue weighted by Gasteiger charge is 2.21. The van der Waals surface area contributed by atoms with Gasteiger partial charge in [0.2, 0.25) is 0 Å². The number of phenolic OH excluding ortho intramolecular Hbond substituents is 1. The third-order valence-electron chi connectivity index (χ3n) is 2.45. The molecule has 0 saturated heterocycles. The number of aryl methyl sites for hydroxylation is 1. The van der Waals surface area contributed by atoms with Crippen LogP contribution in [0, 0.1) is 6.92 Å². The van der Waals surface area contributed by atoms with Crippen molar-refractivity contribution in [2.75, 3.05) is 4.72 Å². The number of phenols is 1. The molecule has 0 unspecified atom stereocenters. The number of aromatic carboxylic acids is 1. The number of anilines is 1. The molecule has 1 aromatic carbocycles. The molecule has 6 nitrogen and oxygen atoms in total. The van der Waals surface area contributed by atoms with Gasteiger partial charge < -0.3 is 10.2 Å². The van der Waals surface area contributed by atoms with Gasteiger partial charge in [0.1, 0.15) is 14.8 Å². The van der Waals surface area contributed by atoms with E-state index in [1.807, 2.05) is 0 Å². The van der Waals surface area contributed by atoms with Gasteiger partial charge in [0.15, 0.2) is 0 Å². The molecule has 3 N–H and O–H groups in total. The lowest BCUT2D eigenvalue weighted by molar-refractivity contribution is 0.0701. The molecule has 0 aliphatic heterocycles. The highest BCUT2D eigenvalue weighted by molar-refractivity contribution is 7.94. The van der Waals surface area contributed by atoms with Crippen LogP contribution in [0.2, 0.25) is 0 Å². The quantitative estimate of drug-likeness (QED) is 0.803. The molecular weight excluding hydrogens is 302 g/mol. The zero-order valence-electron chi connectivity index (χ0n) is 10.3. The van der Waals surface area contributed by atoms with Gasteiger partial charge >= 0.3 is 5.97 Å². The van der Waals surface area contributed by atoms with Gasteiger partial charge in [0.25, 0.3) is 10.0 Å². The van der Waals surface area contributed by atoms with Crippen molar-refractivity contribution >= 4 is 33.0 Å². The maximum atomic E-state index is 12.1. The fourth-order valence-corrected chi connectivity index (χ4v) is 4.00. The molecule has 8 heteroatoms. The van der Waals surface area contributed by atoms with Crippen LogP contribution in [0.25, 0.3) is 0 Å². The first-order chi connectivity index (χ1) is 9.29. The van der Waals surface area contributed by atoms with Crippen molar-refractivity contribution in [3.05, 3.63) is 40.8 Å². The summed E-state index contributed by atoms with van der Waals surface area (Å²) in [6.07, 6.45) is 0. The Morgan fingerprint density at radius 3 is 2.55 bits per heavy atom. The van der Waals surface area contributed by atoms with Crippen LogP contribution in [0.15, 0.2) is 34.5 Å². The van der Waals surface area contributed by atoms with Gasteiger partial charge in [-0.15, -0.1) is 11.3 Å². The molecule has 2 aromatic rings. The summed E-state index contributed by atoms with van der Waals surface area (Å²) in [6, 6.07) is 6.95. The van der Waals surface area contributed by atoms with Crippen molar-refractivity contribution in [3.63, 3.8) is 0 Å². The van der Waals surface area contributed by atoms with Crippen LogP contribution in [0.4, 0.5) is 5.69 Å². The maximum Gasteiger partial charge on any atom is 0.346 e. The van der Waals surface area contributed by atoms with Gasteiger partial charge in [-0.1, -0.05) is 6.07 Å². The molecule has 20 heavy (non-hydrogen) atoms. The van der Waals surface area contributed by atoms with E-state index in [1.165, 1.54) is 37.3 Å². The largest absolute Gasteiger partial charge is 0.508 e. The Hall–Kier alpha value is -2.06. The third kappa shape index (κ3) is 2.91. The predicted molar refractivity (Wildman–Crippen MR) is 74.9 cm³/mol. The average Bonchev–Trinajstić information content (AvgIpc) is 2.71. The van der Waals surface area contributed by atoms with Crippen LogP contribution in [-0.2, 0) is 10.0 Å². The molecule has 106 valence electrons. The second-order valence-electron chi connectivity index (χ2n) is 4.04. The standard InChI is InChI=1S/C12H11NO5S2/c1-7-5-10(19-11(7)12(15)16)20(17,18)13-8-3-2-4-9(14)6-8/h2-6,13-14H,1H3,(H,15,16). The molecule has 0 fully saturated rings. The van der Waals surface area contributed by atoms with Gasteiger partial charge in [0, 0.05) is 6.07 Å². The summed E-state index contributed by atoms with van der Waals surface area (Å²) in [5, 5.41) is 18.2. The Bertz CT molecular complexity index is 764. The van der Waals surface area contributed by atoms with Crippen molar-refractivity contribution in [1.82, 2.24) is 0 Å². The molecule has 0 amide bonds. The SMILES string of the molecule is Cc1cc(S(=O)(=O)Nc2cccc(O)c2)sc1C(=O)O. The highest BCUT2D eigenvalue weighted by atomic mass is 32.2. The van der Waals surface area contributed by atoms with Crippen LogP contribution in [-0.4, -0.2) is 24.6 Å². The van der Waals surface area contributed by atoms with E-state index in [0.29, 0.717) is 16.9 Å². The third-order valence-corrected chi connectivity index (χ3v) is 5.53. The van der Waals surface area contributed by atoms with Crippen LogP contribution in [0.3, 0.4) is 0 Å².